The molecule has 0 heterocycles. The number of nitrogens with one attached hydrogen (secondary N) is 2. The quantitative estimate of drug-likeness (QED) is 0.523. The number of carbonyl (C=O) groups excluding carboxylic acids is 2. The molecule has 148 valence electrons. The summed E-state index contributed by atoms with van der Waals surface area (Å²) in [5.41, 5.74) is 0.908. The van der Waals surface area contributed by atoms with Crippen molar-refractivity contribution in [2.45, 2.75) is 65.9 Å². The molecule has 0 saturated heterocycles. The molecule has 0 saturated carbocycles. The van der Waals surface area contributed by atoms with Gasteiger partial charge < -0.3 is 15.4 Å². The molecule has 0 atom stereocenters. The molecule has 0 unspecified atom stereocenters. The molecular weight excluding hydrogens is 340 g/mol. The topological polar surface area (TPSA) is 67.4 Å². The summed E-state index contributed by atoms with van der Waals surface area (Å²) in [5.74, 6) is 0.169. The maximum Gasteiger partial charge on any atom is 0.239 e. The first-order chi connectivity index (χ1) is 12.8. The van der Waals surface area contributed by atoms with Gasteiger partial charge in [-0.15, -0.1) is 0 Å². The SMILES string of the molecule is CC(C)Oc1ccc(NC(=O)C(C)(C)C(=O)NCCC2=CCCCC2)cc1. The molecule has 1 aromatic rings. The Labute approximate surface area is 162 Å². The van der Waals surface area contributed by atoms with Gasteiger partial charge in [0, 0.05) is 12.2 Å². The zero-order valence-corrected chi connectivity index (χ0v) is 16.9. The highest BCUT2D eigenvalue weighted by Gasteiger charge is 2.35. The summed E-state index contributed by atoms with van der Waals surface area (Å²) in [5, 5.41) is 5.72. The molecule has 5 heteroatoms. The summed E-state index contributed by atoms with van der Waals surface area (Å²) < 4.78 is 5.59. The van der Waals surface area contributed by atoms with Crippen LogP contribution in [0.5, 0.6) is 5.75 Å². The van der Waals surface area contributed by atoms with E-state index >= 15 is 0 Å². The summed E-state index contributed by atoms with van der Waals surface area (Å²) >= 11 is 0. The Kier molecular flexibility index (Phi) is 7.45. The lowest BCUT2D eigenvalue weighted by Gasteiger charge is -2.23. The van der Waals surface area contributed by atoms with E-state index in [1.807, 2.05) is 13.8 Å². The fraction of sp³-hybridized carbons (Fsp3) is 0.545. The van der Waals surface area contributed by atoms with Crippen LogP contribution in [-0.4, -0.2) is 24.5 Å². The molecule has 0 spiro atoms. The molecule has 5 nitrogen and oxygen atoms in total. The zero-order chi connectivity index (χ0) is 19.9. The molecule has 0 aliphatic heterocycles. The van der Waals surface area contributed by atoms with Gasteiger partial charge in [-0.1, -0.05) is 11.6 Å². The Bertz CT molecular complexity index is 675. The molecule has 0 aromatic heterocycles. The lowest BCUT2D eigenvalue weighted by molar-refractivity contribution is -0.138. The molecule has 27 heavy (non-hydrogen) atoms. The summed E-state index contributed by atoms with van der Waals surface area (Å²) in [6, 6.07) is 7.17. The number of hydrogen-bond acceptors (Lipinski definition) is 3. The smallest absolute Gasteiger partial charge is 0.239 e. The van der Waals surface area contributed by atoms with Crippen LogP contribution >= 0.6 is 0 Å². The Morgan fingerprint density at radius 2 is 1.81 bits per heavy atom. The van der Waals surface area contributed by atoms with E-state index in [0.717, 1.165) is 25.0 Å². The number of allylic oxidation sites excluding steroid dienone is 1. The first kappa shape index (κ1) is 21.0. The van der Waals surface area contributed by atoms with E-state index in [-0.39, 0.29) is 17.9 Å². The maximum atomic E-state index is 12.6. The van der Waals surface area contributed by atoms with E-state index in [1.54, 1.807) is 38.1 Å². The molecule has 2 rings (SSSR count). The van der Waals surface area contributed by atoms with E-state index in [4.69, 9.17) is 4.74 Å². The van der Waals surface area contributed by atoms with Gasteiger partial charge in [-0.25, -0.2) is 0 Å². The van der Waals surface area contributed by atoms with Crippen molar-refractivity contribution in [1.29, 1.82) is 0 Å². The number of anilines is 1. The Morgan fingerprint density at radius 1 is 1.11 bits per heavy atom. The van der Waals surface area contributed by atoms with Crippen LogP contribution in [0.4, 0.5) is 5.69 Å². The summed E-state index contributed by atoms with van der Waals surface area (Å²) in [7, 11) is 0. The number of rotatable bonds is 8. The molecule has 2 N–H and O–H groups in total. The Hall–Kier alpha value is -2.30. The van der Waals surface area contributed by atoms with Crippen LogP contribution in [0.2, 0.25) is 0 Å². The first-order valence-electron chi connectivity index (χ1n) is 9.83. The average Bonchev–Trinajstić information content (AvgIpc) is 2.63. The van der Waals surface area contributed by atoms with Gasteiger partial charge in [-0.3, -0.25) is 9.59 Å². The minimum absolute atomic E-state index is 0.0949. The van der Waals surface area contributed by atoms with Crippen molar-refractivity contribution < 1.29 is 14.3 Å². The third-order valence-electron chi connectivity index (χ3n) is 4.74. The highest BCUT2D eigenvalue weighted by atomic mass is 16.5. The van der Waals surface area contributed by atoms with Gasteiger partial charge in [0.2, 0.25) is 11.8 Å². The third kappa shape index (κ3) is 6.42. The average molecular weight is 373 g/mol. The standard InChI is InChI=1S/C22H32N2O3/c1-16(2)27-19-12-10-18(11-13-19)24-21(26)22(3,4)20(25)23-15-14-17-8-6-5-7-9-17/h8,10-13,16H,5-7,9,14-15H2,1-4H3,(H,23,25)(H,24,26). The van der Waals surface area contributed by atoms with Gasteiger partial charge in [0.05, 0.1) is 6.10 Å². The van der Waals surface area contributed by atoms with Gasteiger partial charge in [0.25, 0.3) is 0 Å². The van der Waals surface area contributed by atoms with Crippen LogP contribution in [0.15, 0.2) is 35.9 Å². The predicted molar refractivity (Wildman–Crippen MR) is 109 cm³/mol. The fourth-order valence-electron chi connectivity index (χ4n) is 2.97. The molecule has 1 aromatic carbocycles. The highest BCUT2D eigenvalue weighted by Crippen LogP contribution is 2.22. The minimum Gasteiger partial charge on any atom is -0.491 e. The van der Waals surface area contributed by atoms with E-state index in [9.17, 15) is 9.59 Å². The first-order valence-corrected chi connectivity index (χ1v) is 9.83. The number of amides is 2. The number of benzene rings is 1. The second-order valence-corrected chi connectivity index (χ2v) is 7.88. The number of ether oxygens (including phenoxy) is 1. The van der Waals surface area contributed by atoms with Crippen LogP contribution in [0, 0.1) is 5.41 Å². The Morgan fingerprint density at radius 3 is 2.41 bits per heavy atom. The lowest BCUT2D eigenvalue weighted by atomic mass is 9.90. The van der Waals surface area contributed by atoms with Crippen molar-refractivity contribution >= 4 is 17.5 Å². The second-order valence-electron chi connectivity index (χ2n) is 7.88. The monoisotopic (exact) mass is 372 g/mol. The van der Waals surface area contributed by atoms with Crippen LogP contribution in [0.1, 0.15) is 59.8 Å². The fourth-order valence-corrected chi connectivity index (χ4v) is 2.97. The highest BCUT2D eigenvalue weighted by molar-refractivity contribution is 6.09. The third-order valence-corrected chi connectivity index (χ3v) is 4.74. The summed E-state index contributed by atoms with van der Waals surface area (Å²) in [6.07, 6.45) is 7.98. The van der Waals surface area contributed by atoms with Crippen LogP contribution in [-0.2, 0) is 9.59 Å². The second kappa shape index (κ2) is 9.58. The lowest BCUT2D eigenvalue weighted by Crippen LogP contribution is -2.45. The molecule has 2 amide bonds. The van der Waals surface area contributed by atoms with Crippen LogP contribution < -0.4 is 15.4 Å². The van der Waals surface area contributed by atoms with Gasteiger partial charge >= 0.3 is 0 Å². The number of hydrogen-bond donors (Lipinski definition) is 2. The molecule has 0 bridgehead atoms. The molecule has 1 aliphatic carbocycles. The molecule has 0 radical (unpaired) electrons. The van der Waals surface area contributed by atoms with Crippen molar-refractivity contribution in [3.8, 4) is 5.75 Å². The zero-order valence-electron chi connectivity index (χ0n) is 16.9. The minimum atomic E-state index is -1.14. The van der Waals surface area contributed by atoms with E-state index in [2.05, 4.69) is 16.7 Å². The van der Waals surface area contributed by atoms with Crippen LogP contribution in [0.3, 0.4) is 0 Å². The van der Waals surface area contributed by atoms with Crippen LogP contribution in [0.25, 0.3) is 0 Å². The summed E-state index contributed by atoms with van der Waals surface area (Å²) in [6.45, 7) is 7.79. The Balaban J connectivity index is 1.85. The van der Waals surface area contributed by atoms with Gasteiger partial charge in [-0.2, -0.15) is 0 Å². The molecule has 1 aliphatic rings. The van der Waals surface area contributed by atoms with Gasteiger partial charge in [0.1, 0.15) is 11.2 Å². The maximum absolute atomic E-state index is 12.6. The normalized spacial score (nSPS) is 14.5. The molecular formula is C22H32N2O3. The predicted octanol–water partition coefficient (Wildman–Crippen LogP) is 4.45. The van der Waals surface area contributed by atoms with E-state index < -0.39 is 5.41 Å². The van der Waals surface area contributed by atoms with E-state index in [1.165, 1.54) is 18.4 Å². The van der Waals surface area contributed by atoms with Crippen molar-refractivity contribution in [2.24, 2.45) is 5.41 Å². The van der Waals surface area contributed by atoms with Gasteiger partial charge in [0.15, 0.2) is 0 Å². The molecule has 0 fully saturated rings. The van der Waals surface area contributed by atoms with Crippen molar-refractivity contribution in [3.05, 3.63) is 35.9 Å². The largest absolute Gasteiger partial charge is 0.491 e. The van der Waals surface area contributed by atoms with Crippen molar-refractivity contribution in [2.75, 3.05) is 11.9 Å². The number of carbonyl (C=O) groups is 2. The van der Waals surface area contributed by atoms with Crippen molar-refractivity contribution in [3.63, 3.8) is 0 Å². The van der Waals surface area contributed by atoms with E-state index in [0.29, 0.717) is 12.2 Å². The summed E-state index contributed by atoms with van der Waals surface area (Å²) in [4.78, 5) is 25.1. The van der Waals surface area contributed by atoms with Crippen molar-refractivity contribution in [1.82, 2.24) is 5.32 Å². The van der Waals surface area contributed by atoms with Gasteiger partial charge in [-0.05, 0) is 84.1 Å².